The Bertz CT molecular complexity index is 697. The third kappa shape index (κ3) is 3.17. The molecule has 0 bridgehead atoms. The van der Waals surface area contributed by atoms with Crippen molar-refractivity contribution in [2.45, 2.75) is 6.54 Å². The summed E-state index contributed by atoms with van der Waals surface area (Å²) in [4.78, 5) is 12.9. The fourth-order valence-corrected chi connectivity index (χ4v) is 1.91. The lowest BCUT2D eigenvalue weighted by atomic mass is 10.2. The number of anilines is 2. The average molecular weight is 281 g/mol. The van der Waals surface area contributed by atoms with Crippen molar-refractivity contribution in [3.8, 4) is 11.3 Å². The summed E-state index contributed by atoms with van der Waals surface area (Å²) >= 11 is 0. The van der Waals surface area contributed by atoms with Crippen molar-refractivity contribution in [2.24, 2.45) is 0 Å². The molecule has 106 valence electrons. The quantitative estimate of drug-likeness (QED) is 0.749. The first-order chi connectivity index (χ1) is 10.3. The van der Waals surface area contributed by atoms with E-state index in [1.807, 2.05) is 30.3 Å². The first-order valence-electron chi connectivity index (χ1n) is 6.58. The van der Waals surface area contributed by atoms with Gasteiger partial charge in [0.05, 0.1) is 18.5 Å². The average Bonchev–Trinajstić information content (AvgIpc) is 3.07. The maximum absolute atomic E-state index is 5.30. The standard InChI is InChI=1S/C15H15N5O/c1-16-15-19-13(11-4-6-17-7-5-11)9-14(20-15)18-10-12-3-2-8-21-12/h2-9H,10H2,1H3,(H2,16,18,19,20). The van der Waals surface area contributed by atoms with E-state index in [9.17, 15) is 0 Å². The Kier molecular flexibility index (Phi) is 3.77. The molecule has 0 saturated heterocycles. The van der Waals surface area contributed by atoms with Gasteiger partial charge in [-0.15, -0.1) is 0 Å². The van der Waals surface area contributed by atoms with E-state index in [1.165, 1.54) is 0 Å². The molecule has 0 radical (unpaired) electrons. The zero-order valence-electron chi connectivity index (χ0n) is 11.6. The van der Waals surface area contributed by atoms with E-state index in [2.05, 4.69) is 25.6 Å². The first-order valence-corrected chi connectivity index (χ1v) is 6.58. The Hall–Kier alpha value is -2.89. The van der Waals surface area contributed by atoms with Crippen LogP contribution in [0.3, 0.4) is 0 Å². The van der Waals surface area contributed by atoms with Crippen LogP contribution in [0.4, 0.5) is 11.8 Å². The maximum Gasteiger partial charge on any atom is 0.224 e. The maximum atomic E-state index is 5.30. The van der Waals surface area contributed by atoms with Gasteiger partial charge in [0.25, 0.3) is 0 Å². The molecule has 0 amide bonds. The zero-order chi connectivity index (χ0) is 14.5. The van der Waals surface area contributed by atoms with Crippen LogP contribution >= 0.6 is 0 Å². The number of nitrogens with one attached hydrogen (secondary N) is 2. The molecule has 2 N–H and O–H groups in total. The number of hydrogen-bond donors (Lipinski definition) is 2. The third-order valence-electron chi connectivity index (χ3n) is 2.95. The Morgan fingerprint density at radius 1 is 1.14 bits per heavy atom. The van der Waals surface area contributed by atoms with Crippen LogP contribution in [0.2, 0.25) is 0 Å². The zero-order valence-corrected chi connectivity index (χ0v) is 11.6. The molecular weight excluding hydrogens is 266 g/mol. The Balaban J connectivity index is 1.86. The molecule has 0 spiro atoms. The summed E-state index contributed by atoms with van der Waals surface area (Å²) in [6.45, 7) is 0.572. The first kappa shape index (κ1) is 13.1. The predicted molar refractivity (Wildman–Crippen MR) is 80.8 cm³/mol. The highest BCUT2D eigenvalue weighted by molar-refractivity contribution is 5.63. The largest absolute Gasteiger partial charge is 0.467 e. The summed E-state index contributed by atoms with van der Waals surface area (Å²) in [5.41, 5.74) is 1.82. The summed E-state index contributed by atoms with van der Waals surface area (Å²) in [6, 6.07) is 9.50. The molecule has 3 aromatic heterocycles. The minimum Gasteiger partial charge on any atom is -0.467 e. The Labute approximate surface area is 122 Å². The van der Waals surface area contributed by atoms with Crippen molar-refractivity contribution in [3.05, 3.63) is 54.7 Å². The predicted octanol–water partition coefficient (Wildman–Crippen LogP) is 2.79. The molecule has 3 rings (SSSR count). The van der Waals surface area contributed by atoms with Gasteiger partial charge in [0.2, 0.25) is 5.95 Å². The molecule has 3 aromatic rings. The molecule has 6 nitrogen and oxygen atoms in total. The number of hydrogen-bond acceptors (Lipinski definition) is 6. The van der Waals surface area contributed by atoms with Crippen LogP contribution < -0.4 is 10.6 Å². The highest BCUT2D eigenvalue weighted by Crippen LogP contribution is 2.21. The summed E-state index contributed by atoms with van der Waals surface area (Å²) in [5, 5.41) is 6.20. The fraction of sp³-hybridized carbons (Fsp3) is 0.133. The number of rotatable bonds is 5. The van der Waals surface area contributed by atoms with Gasteiger partial charge in [-0.05, 0) is 24.3 Å². The molecule has 0 aliphatic carbocycles. The van der Waals surface area contributed by atoms with Crippen LogP contribution in [0.5, 0.6) is 0 Å². The number of nitrogens with zero attached hydrogens (tertiary/aromatic N) is 3. The molecule has 6 heteroatoms. The van der Waals surface area contributed by atoms with Gasteiger partial charge in [0.1, 0.15) is 11.6 Å². The highest BCUT2D eigenvalue weighted by atomic mass is 16.3. The summed E-state index contributed by atoms with van der Waals surface area (Å²) < 4.78 is 5.30. The van der Waals surface area contributed by atoms with Crippen molar-refractivity contribution in [1.29, 1.82) is 0 Å². The van der Waals surface area contributed by atoms with Crippen molar-refractivity contribution >= 4 is 11.8 Å². The molecule has 0 fully saturated rings. The van der Waals surface area contributed by atoms with Crippen LogP contribution in [0.25, 0.3) is 11.3 Å². The minimum absolute atomic E-state index is 0.561. The molecule has 0 aliphatic heterocycles. The second kappa shape index (κ2) is 6.04. The Morgan fingerprint density at radius 2 is 2.00 bits per heavy atom. The normalized spacial score (nSPS) is 10.3. The molecule has 21 heavy (non-hydrogen) atoms. The van der Waals surface area contributed by atoms with Gasteiger partial charge in [-0.25, -0.2) is 4.98 Å². The second-order valence-electron chi connectivity index (χ2n) is 4.38. The molecule has 0 atom stereocenters. The van der Waals surface area contributed by atoms with E-state index >= 15 is 0 Å². The van der Waals surface area contributed by atoms with E-state index in [4.69, 9.17) is 4.42 Å². The monoisotopic (exact) mass is 281 g/mol. The molecular formula is C15H15N5O. The number of furan rings is 1. The van der Waals surface area contributed by atoms with Crippen LogP contribution in [0.15, 0.2) is 53.4 Å². The lowest BCUT2D eigenvalue weighted by Crippen LogP contribution is -2.05. The minimum atomic E-state index is 0.561. The van der Waals surface area contributed by atoms with Crippen molar-refractivity contribution in [1.82, 2.24) is 15.0 Å². The SMILES string of the molecule is CNc1nc(NCc2ccco2)cc(-c2ccncc2)n1. The molecule has 3 heterocycles. The molecule has 0 unspecified atom stereocenters. The lowest BCUT2D eigenvalue weighted by Gasteiger charge is -2.09. The van der Waals surface area contributed by atoms with Crippen molar-refractivity contribution in [2.75, 3.05) is 17.7 Å². The third-order valence-corrected chi connectivity index (χ3v) is 2.95. The van der Waals surface area contributed by atoms with E-state index < -0.39 is 0 Å². The van der Waals surface area contributed by atoms with E-state index in [0.29, 0.717) is 12.5 Å². The van der Waals surface area contributed by atoms with Crippen molar-refractivity contribution < 1.29 is 4.42 Å². The van der Waals surface area contributed by atoms with Gasteiger partial charge >= 0.3 is 0 Å². The number of pyridine rings is 1. The van der Waals surface area contributed by atoms with E-state index in [1.54, 1.807) is 25.7 Å². The summed E-state index contributed by atoms with van der Waals surface area (Å²) in [6.07, 6.45) is 5.14. The van der Waals surface area contributed by atoms with Gasteiger partial charge < -0.3 is 15.1 Å². The van der Waals surface area contributed by atoms with Gasteiger partial charge in [0, 0.05) is 31.1 Å². The second-order valence-corrected chi connectivity index (χ2v) is 4.38. The smallest absolute Gasteiger partial charge is 0.224 e. The van der Waals surface area contributed by atoms with Crippen LogP contribution in [-0.4, -0.2) is 22.0 Å². The molecule has 0 saturated carbocycles. The summed E-state index contributed by atoms with van der Waals surface area (Å²) in [7, 11) is 1.79. The Morgan fingerprint density at radius 3 is 2.71 bits per heavy atom. The molecule has 0 aliphatic rings. The van der Waals surface area contributed by atoms with Gasteiger partial charge in [-0.3, -0.25) is 4.98 Å². The lowest BCUT2D eigenvalue weighted by molar-refractivity contribution is 0.518. The number of aromatic nitrogens is 3. The summed E-state index contributed by atoms with van der Waals surface area (Å²) in [5.74, 6) is 2.15. The van der Waals surface area contributed by atoms with Crippen molar-refractivity contribution in [3.63, 3.8) is 0 Å². The van der Waals surface area contributed by atoms with Crippen LogP contribution in [0.1, 0.15) is 5.76 Å². The van der Waals surface area contributed by atoms with Crippen LogP contribution in [0, 0.1) is 0 Å². The fourth-order valence-electron chi connectivity index (χ4n) is 1.91. The van der Waals surface area contributed by atoms with Gasteiger partial charge in [0.15, 0.2) is 0 Å². The van der Waals surface area contributed by atoms with Gasteiger partial charge in [-0.1, -0.05) is 0 Å². The van der Waals surface area contributed by atoms with Gasteiger partial charge in [-0.2, -0.15) is 4.98 Å². The highest BCUT2D eigenvalue weighted by Gasteiger charge is 2.06. The van der Waals surface area contributed by atoms with Crippen LogP contribution in [-0.2, 0) is 6.54 Å². The molecule has 0 aromatic carbocycles. The van der Waals surface area contributed by atoms with E-state index in [0.717, 1.165) is 22.8 Å². The topological polar surface area (TPSA) is 75.9 Å². The van der Waals surface area contributed by atoms with E-state index in [-0.39, 0.29) is 0 Å².